The summed E-state index contributed by atoms with van der Waals surface area (Å²) < 4.78 is 29.7. The van der Waals surface area contributed by atoms with Crippen molar-refractivity contribution in [2.45, 2.75) is 171 Å². The molecule has 4 saturated carbocycles. The quantitative estimate of drug-likeness (QED) is 0.125. The van der Waals surface area contributed by atoms with Crippen LogP contribution in [0.4, 0.5) is 0 Å². The van der Waals surface area contributed by atoms with Gasteiger partial charge in [0.2, 0.25) is 0 Å². The van der Waals surface area contributed by atoms with E-state index >= 15 is 0 Å². The summed E-state index contributed by atoms with van der Waals surface area (Å²) in [6.45, 7) is 7.82. The Bertz CT molecular complexity index is 1360. The molecule has 7 aliphatic rings. The molecule has 0 bridgehead atoms. The van der Waals surface area contributed by atoms with Crippen LogP contribution in [0.15, 0.2) is 11.3 Å². The average molecular weight is 773 g/mol. The van der Waals surface area contributed by atoms with E-state index in [2.05, 4.69) is 13.8 Å². The van der Waals surface area contributed by atoms with E-state index in [1.807, 2.05) is 13.8 Å². The van der Waals surface area contributed by atoms with Crippen molar-refractivity contribution in [2.75, 3.05) is 19.8 Å². The van der Waals surface area contributed by atoms with Crippen LogP contribution in [-0.2, 0) is 23.7 Å². The van der Waals surface area contributed by atoms with E-state index in [0.717, 1.165) is 44.3 Å². The third-order valence-corrected chi connectivity index (χ3v) is 15.5. The lowest BCUT2D eigenvalue weighted by Crippen LogP contribution is -2.68. The molecule has 21 unspecified atom stereocenters. The highest BCUT2D eigenvalue weighted by molar-refractivity contribution is 5.27. The van der Waals surface area contributed by atoms with E-state index in [0.29, 0.717) is 18.3 Å². The van der Waals surface area contributed by atoms with Crippen LogP contribution in [0.25, 0.3) is 0 Å². The van der Waals surface area contributed by atoms with Gasteiger partial charge in [-0.25, -0.2) is 0 Å². The Morgan fingerprint density at radius 1 is 0.796 bits per heavy atom. The Labute approximate surface area is 316 Å². The summed E-state index contributed by atoms with van der Waals surface area (Å²) in [6, 6.07) is 0. The normalized spacial score (nSPS) is 53.6. The highest BCUT2D eigenvalue weighted by atomic mass is 16.7. The molecule has 10 N–H and O–H groups in total. The Morgan fingerprint density at radius 3 is 2.07 bits per heavy atom. The smallest absolute Gasteiger partial charge is 0.186 e. The number of aliphatic hydroxyl groups excluding tert-OH is 9. The molecule has 21 atom stereocenters. The van der Waals surface area contributed by atoms with Gasteiger partial charge in [0.05, 0.1) is 43.4 Å². The zero-order valence-corrected chi connectivity index (χ0v) is 31.9. The Balaban J connectivity index is 0.969. The van der Waals surface area contributed by atoms with Crippen LogP contribution in [0.1, 0.15) is 85.5 Å². The first-order valence-corrected chi connectivity index (χ1v) is 20.1. The van der Waals surface area contributed by atoms with Gasteiger partial charge in [0.1, 0.15) is 54.9 Å². The van der Waals surface area contributed by atoms with Crippen LogP contribution in [0, 0.1) is 40.4 Å². The molecule has 54 heavy (non-hydrogen) atoms. The van der Waals surface area contributed by atoms with Gasteiger partial charge in [0, 0.05) is 30.6 Å². The van der Waals surface area contributed by atoms with Crippen molar-refractivity contribution >= 4 is 0 Å². The average Bonchev–Trinajstić information content (AvgIpc) is 3.62. The molecule has 3 aliphatic heterocycles. The summed E-state index contributed by atoms with van der Waals surface area (Å²) in [4.78, 5) is 0. The lowest BCUT2D eigenvalue weighted by Gasteiger charge is -2.65. The van der Waals surface area contributed by atoms with Crippen LogP contribution in [0.3, 0.4) is 0 Å². The van der Waals surface area contributed by atoms with Crippen molar-refractivity contribution in [3.63, 3.8) is 0 Å². The summed E-state index contributed by atoms with van der Waals surface area (Å²) in [5.41, 5.74) is -0.713. The molecule has 4 aliphatic carbocycles. The van der Waals surface area contributed by atoms with Gasteiger partial charge in [-0.15, -0.1) is 0 Å². The monoisotopic (exact) mass is 772 g/mol. The molecule has 2 saturated heterocycles. The van der Waals surface area contributed by atoms with E-state index < -0.39 is 97.8 Å². The predicted molar refractivity (Wildman–Crippen MR) is 188 cm³/mol. The second-order valence-corrected chi connectivity index (χ2v) is 18.3. The topological polar surface area (TPSA) is 248 Å². The maximum absolute atomic E-state index is 12.4. The van der Waals surface area contributed by atoms with E-state index in [4.69, 9.17) is 23.7 Å². The number of fused-ring (bicyclic) bond motifs is 7. The van der Waals surface area contributed by atoms with Gasteiger partial charge < -0.3 is 74.7 Å². The highest BCUT2D eigenvalue weighted by Crippen LogP contribution is 2.70. The van der Waals surface area contributed by atoms with E-state index in [-0.39, 0.29) is 48.7 Å². The zero-order valence-electron chi connectivity index (χ0n) is 31.9. The SMILES string of the molecule is CC1=C(CCC(C)COC2OC(CO)C(O)C(O)C2O)OC2CC3C4CCC5(O)CC(OC6OC(CO)C(O)C(O)C6O)CC(O)C5(C)C4CCC3(C)C12. The molecule has 15 nitrogen and oxygen atoms in total. The number of hydrogen-bond donors (Lipinski definition) is 10. The largest absolute Gasteiger partial charge is 0.494 e. The fourth-order valence-corrected chi connectivity index (χ4v) is 12.3. The molecular formula is C39H64O15. The molecular weight excluding hydrogens is 708 g/mol. The minimum atomic E-state index is -1.57. The van der Waals surface area contributed by atoms with Crippen molar-refractivity contribution in [1.29, 1.82) is 0 Å². The van der Waals surface area contributed by atoms with Gasteiger partial charge >= 0.3 is 0 Å². The zero-order chi connectivity index (χ0) is 39.1. The number of rotatable bonds is 10. The second kappa shape index (κ2) is 15.3. The third-order valence-electron chi connectivity index (χ3n) is 15.5. The van der Waals surface area contributed by atoms with Gasteiger partial charge in [-0.3, -0.25) is 0 Å². The van der Waals surface area contributed by atoms with Crippen molar-refractivity contribution < 1.29 is 74.7 Å². The predicted octanol–water partition coefficient (Wildman–Crippen LogP) is -0.568. The summed E-state index contributed by atoms with van der Waals surface area (Å²) in [7, 11) is 0. The van der Waals surface area contributed by atoms with Crippen LogP contribution < -0.4 is 0 Å². The molecule has 0 radical (unpaired) electrons. The standard InChI is InChI=1S/C39H64O15/c1-17(16-50-35-33(47)31(45)29(43)25(14-40)53-35)5-6-23-18(2)28-24(52-23)12-22-20-7-10-39(49)13-19(51-36-34(48)32(46)30(44)26(15-41)54-36)11-27(42)38(39,4)21(20)8-9-37(22,28)3/h17,19-22,24-36,40-49H,5-16H2,1-4H3. The number of aliphatic hydroxyl groups is 10. The maximum atomic E-state index is 12.4. The van der Waals surface area contributed by atoms with Gasteiger partial charge in [0.25, 0.3) is 0 Å². The first-order valence-electron chi connectivity index (χ1n) is 20.1. The number of allylic oxidation sites excluding steroid dienone is 1. The minimum absolute atomic E-state index is 0.00961. The van der Waals surface area contributed by atoms with Gasteiger partial charge in [-0.1, -0.05) is 20.8 Å². The molecule has 0 amide bonds. The van der Waals surface area contributed by atoms with Crippen molar-refractivity contribution in [2.24, 2.45) is 40.4 Å². The van der Waals surface area contributed by atoms with E-state index in [1.165, 1.54) is 5.57 Å². The van der Waals surface area contributed by atoms with Crippen molar-refractivity contribution in [1.82, 2.24) is 0 Å². The summed E-state index contributed by atoms with van der Waals surface area (Å²) in [5, 5.41) is 105. The molecule has 0 aromatic carbocycles. The van der Waals surface area contributed by atoms with Crippen molar-refractivity contribution in [3.05, 3.63) is 11.3 Å². The molecule has 310 valence electrons. The molecule has 0 aromatic rings. The van der Waals surface area contributed by atoms with E-state index in [1.54, 1.807) is 0 Å². The third kappa shape index (κ3) is 6.59. The second-order valence-electron chi connectivity index (χ2n) is 18.3. The first-order chi connectivity index (χ1) is 25.5. The summed E-state index contributed by atoms with van der Waals surface area (Å²) >= 11 is 0. The van der Waals surface area contributed by atoms with Crippen molar-refractivity contribution in [3.8, 4) is 0 Å². The van der Waals surface area contributed by atoms with Crippen LogP contribution >= 0.6 is 0 Å². The van der Waals surface area contributed by atoms with Gasteiger partial charge in [0.15, 0.2) is 12.6 Å². The molecule has 0 spiro atoms. The fourth-order valence-electron chi connectivity index (χ4n) is 12.3. The Kier molecular flexibility index (Phi) is 11.7. The molecule has 15 heteroatoms. The Morgan fingerprint density at radius 2 is 1.43 bits per heavy atom. The lowest BCUT2D eigenvalue weighted by atomic mass is 9.42. The van der Waals surface area contributed by atoms with E-state index in [9.17, 15) is 51.1 Å². The lowest BCUT2D eigenvalue weighted by molar-refractivity contribution is -0.330. The molecule has 3 heterocycles. The molecule has 0 aromatic heterocycles. The maximum Gasteiger partial charge on any atom is 0.186 e. The number of ether oxygens (including phenoxy) is 5. The van der Waals surface area contributed by atoms with Gasteiger partial charge in [-0.2, -0.15) is 0 Å². The fraction of sp³-hybridized carbons (Fsp3) is 0.949. The molecule has 7 rings (SSSR count). The van der Waals surface area contributed by atoms with Crippen LogP contribution in [0.5, 0.6) is 0 Å². The highest BCUT2D eigenvalue weighted by Gasteiger charge is 2.69. The summed E-state index contributed by atoms with van der Waals surface area (Å²) in [6.07, 6.45) is -9.12. The van der Waals surface area contributed by atoms with Gasteiger partial charge in [-0.05, 0) is 80.1 Å². The summed E-state index contributed by atoms with van der Waals surface area (Å²) in [5.74, 6) is 2.13. The first kappa shape index (κ1) is 41.2. The molecule has 6 fully saturated rings. The minimum Gasteiger partial charge on any atom is -0.494 e. The van der Waals surface area contributed by atoms with Crippen LogP contribution in [-0.4, -0.2) is 156 Å². The number of hydrogen-bond acceptors (Lipinski definition) is 15. The Hall–Kier alpha value is -1.02. The van der Waals surface area contributed by atoms with Crippen LogP contribution in [0.2, 0.25) is 0 Å².